The molecule has 3 aromatic rings. The average molecular weight is 450 g/mol. The largest absolute Gasteiger partial charge is 0.488 e. The lowest BCUT2D eigenvalue weighted by Crippen LogP contribution is -2.49. The molecule has 1 saturated heterocycles. The van der Waals surface area contributed by atoms with Gasteiger partial charge in [-0.3, -0.25) is 9.69 Å². The van der Waals surface area contributed by atoms with Crippen LogP contribution in [0, 0.1) is 0 Å². The maximum atomic E-state index is 12.6. The average Bonchev–Trinajstić information content (AvgIpc) is 3.35. The number of aliphatic hydroxyl groups is 1. The van der Waals surface area contributed by atoms with Gasteiger partial charge in [0, 0.05) is 32.7 Å². The quantitative estimate of drug-likeness (QED) is 0.593. The van der Waals surface area contributed by atoms with E-state index in [0.717, 1.165) is 50.5 Å². The number of piperazine rings is 1. The number of ether oxygens (including phenoxy) is 1. The third-order valence-electron chi connectivity index (χ3n) is 6.66. The lowest BCUT2D eigenvalue weighted by atomic mass is 10.2. The van der Waals surface area contributed by atoms with Gasteiger partial charge >= 0.3 is 0 Å². The fraction of sp³-hybridized carbons (Fsp3) is 0.480. The normalized spacial score (nSPS) is 18.6. The molecule has 1 N–H and O–H groups in total. The van der Waals surface area contributed by atoms with Crippen LogP contribution in [0.3, 0.4) is 0 Å². The van der Waals surface area contributed by atoms with E-state index in [9.17, 15) is 9.90 Å². The highest BCUT2D eigenvalue weighted by atomic mass is 16.5. The van der Waals surface area contributed by atoms with E-state index in [1.807, 2.05) is 18.2 Å². The molecule has 2 heterocycles. The lowest BCUT2D eigenvalue weighted by Gasteiger charge is -2.37. The molecule has 1 saturated carbocycles. The van der Waals surface area contributed by atoms with Crippen LogP contribution in [-0.2, 0) is 6.54 Å². The number of fused-ring (bicyclic) bond motifs is 1. The summed E-state index contributed by atoms with van der Waals surface area (Å²) in [5.41, 5.74) is 1.51. The van der Waals surface area contributed by atoms with Crippen molar-refractivity contribution in [3.8, 4) is 5.75 Å². The molecular formula is C25H31N5O3. The number of aromatic nitrogens is 3. The van der Waals surface area contributed by atoms with Gasteiger partial charge in [-0.15, -0.1) is 5.10 Å². The monoisotopic (exact) mass is 449 g/mol. The van der Waals surface area contributed by atoms with Crippen molar-refractivity contribution in [3.05, 3.63) is 58.9 Å². The minimum atomic E-state index is -0.692. The molecule has 0 spiro atoms. The minimum Gasteiger partial charge on any atom is -0.488 e. The number of anilines is 1. The first-order valence-corrected chi connectivity index (χ1v) is 11.9. The van der Waals surface area contributed by atoms with Crippen molar-refractivity contribution in [2.24, 2.45) is 0 Å². The lowest BCUT2D eigenvalue weighted by molar-refractivity contribution is 0.0900. The number of hydrogen-bond acceptors (Lipinski definition) is 7. The van der Waals surface area contributed by atoms with Gasteiger partial charge in [-0.25, -0.2) is 4.68 Å². The molecule has 0 radical (unpaired) electrons. The Morgan fingerprint density at radius 2 is 1.70 bits per heavy atom. The highest BCUT2D eigenvalue weighted by Crippen LogP contribution is 2.32. The Balaban J connectivity index is 1.17. The Kier molecular flexibility index (Phi) is 6.55. The van der Waals surface area contributed by atoms with Gasteiger partial charge in [0.25, 0.3) is 5.56 Å². The van der Waals surface area contributed by atoms with Gasteiger partial charge in [0.15, 0.2) is 0 Å². The Labute approximate surface area is 193 Å². The fourth-order valence-corrected chi connectivity index (χ4v) is 4.87. The molecule has 174 valence electrons. The van der Waals surface area contributed by atoms with E-state index in [2.05, 4.69) is 38.3 Å². The summed E-state index contributed by atoms with van der Waals surface area (Å²) in [5, 5.41) is 19.3. The molecule has 8 heteroatoms. The molecule has 1 aromatic heterocycles. The standard InChI is InChI=1S/C25H31N5O3/c31-19(18-30-25(32)21-9-3-4-10-22(21)26-27-30)17-28-13-15-29(16-14-28)23-11-5-6-12-24(23)33-20-7-1-2-8-20/h3-6,9-12,19-20,31H,1-2,7-8,13-18H2. The van der Waals surface area contributed by atoms with E-state index in [1.165, 1.54) is 17.5 Å². The molecule has 2 aliphatic rings. The SMILES string of the molecule is O=c1c2ccccc2nnn1CC(O)CN1CCN(c2ccccc2OC2CCCC2)CC1. The van der Waals surface area contributed by atoms with Gasteiger partial charge in [-0.05, 0) is 49.9 Å². The Bertz CT molecular complexity index is 1140. The maximum Gasteiger partial charge on any atom is 0.277 e. The number of nitrogens with zero attached hydrogens (tertiary/aromatic N) is 5. The summed E-state index contributed by atoms with van der Waals surface area (Å²) in [5.74, 6) is 0.979. The molecular weight excluding hydrogens is 418 g/mol. The van der Waals surface area contributed by atoms with Crippen LogP contribution in [0.5, 0.6) is 5.75 Å². The van der Waals surface area contributed by atoms with Crippen LogP contribution >= 0.6 is 0 Å². The van der Waals surface area contributed by atoms with Gasteiger partial charge in [-0.2, -0.15) is 0 Å². The maximum absolute atomic E-state index is 12.6. The molecule has 1 aliphatic carbocycles. The zero-order valence-corrected chi connectivity index (χ0v) is 18.8. The van der Waals surface area contributed by atoms with Crippen molar-refractivity contribution in [2.75, 3.05) is 37.6 Å². The number of rotatable bonds is 7. The molecule has 1 atom stereocenters. The van der Waals surface area contributed by atoms with Crippen LogP contribution in [-0.4, -0.2) is 69.9 Å². The first kappa shape index (κ1) is 21.9. The molecule has 0 bridgehead atoms. The van der Waals surface area contributed by atoms with Crippen molar-refractivity contribution in [1.29, 1.82) is 0 Å². The van der Waals surface area contributed by atoms with Crippen molar-refractivity contribution in [1.82, 2.24) is 19.9 Å². The third-order valence-corrected chi connectivity index (χ3v) is 6.66. The molecule has 1 aliphatic heterocycles. The van der Waals surface area contributed by atoms with Crippen LogP contribution in [0.25, 0.3) is 10.9 Å². The highest BCUT2D eigenvalue weighted by Gasteiger charge is 2.24. The van der Waals surface area contributed by atoms with Crippen LogP contribution in [0.1, 0.15) is 25.7 Å². The Hall–Kier alpha value is -2.97. The number of hydrogen-bond donors (Lipinski definition) is 1. The van der Waals surface area contributed by atoms with Crippen LogP contribution < -0.4 is 15.2 Å². The second-order valence-corrected chi connectivity index (χ2v) is 9.03. The van der Waals surface area contributed by atoms with Gasteiger partial charge < -0.3 is 14.7 Å². The predicted molar refractivity (Wildman–Crippen MR) is 128 cm³/mol. The van der Waals surface area contributed by atoms with E-state index < -0.39 is 6.10 Å². The van der Waals surface area contributed by atoms with Crippen LogP contribution in [0.4, 0.5) is 5.69 Å². The van der Waals surface area contributed by atoms with Crippen LogP contribution in [0.15, 0.2) is 53.3 Å². The second-order valence-electron chi connectivity index (χ2n) is 9.03. The van der Waals surface area contributed by atoms with Gasteiger partial charge in [0.1, 0.15) is 11.3 Å². The van der Waals surface area contributed by atoms with Crippen LogP contribution in [0.2, 0.25) is 0 Å². The summed E-state index contributed by atoms with van der Waals surface area (Å²) in [6.07, 6.45) is 4.44. The third kappa shape index (κ3) is 5.02. The molecule has 33 heavy (non-hydrogen) atoms. The van der Waals surface area contributed by atoms with Crippen molar-refractivity contribution in [3.63, 3.8) is 0 Å². The number of β-amino-alcohol motifs (C(OH)–C–C–N with tert-alkyl or cyclic N) is 1. The van der Waals surface area contributed by atoms with Gasteiger partial charge in [0.05, 0.1) is 29.8 Å². The van der Waals surface area contributed by atoms with Gasteiger partial charge in [-0.1, -0.05) is 29.5 Å². The van der Waals surface area contributed by atoms with Crippen molar-refractivity contribution >= 4 is 16.6 Å². The van der Waals surface area contributed by atoms with E-state index in [0.29, 0.717) is 23.6 Å². The predicted octanol–water partition coefficient (Wildman–Crippen LogP) is 2.30. The van der Waals surface area contributed by atoms with Crippen molar-refractivity contribution in [2.45, 2.75) is 44.4 Å². The fourth-order valence-electron chi connectivity index (χ4n) is 4.87. The van der Waals surface area contributed by atoms with Gasteiger partial charge in [0.2, 0.25) is 0 Å². The minimum absolute atomic E-state index is 0.134. The Morgan fingerprint density at radius 1 is 0.970 bits per heavy atom. The summed E-state index contributed by atoms with van der Waals surface area (Å²) in [6, 6.07) is 15.5. The molecule has 8 nitrogen and oxygen atoms in total. The first-order valence-electron chi connectivity index (χ1n) is 11.9. The van der Waals surface area contributed by atoms with E-state index in [-0.39, 0.29) is 12.1 Å². The summed E-state index contributed by atoms with van der Waals surface area (Å²) < 4.78 is 7.58. The van der Waals surface area contributed by atoms with E-state index >= 15 is 0 Å². The van der Waals surface area contributed by atoms with E-state index in [4.69, 9.17) is 4.74 Å². The summed E-state index contributed by atoms with van der Waals surface area (Å²) in [4.78, 5) is 17.2. The highest BCUT2D eigenvalue weighted by molar-refractivity contribution is 5.76. The summed E-state index contributed by atoms with van der Waals surface area (Å²) >= 11 is 0. The zero-order valence-electron chi connectivity index (χ0n) is 18.8. The zero-order chi connectivity index (χ0) is 22.6. The second kappa shape index (κ2) is 9.89. The number of aliphatic hydroxyl groups excluding tert-OH is 1. The molecule has 2 aromatic carbocycles. The number of para-hydroxylation sites is 2. The molecule has 5 rings (SSSR count). The van der Waals surface area contributed by atoms with E-state index in [1.54, 1.807) is 12.1 Å². The van der Waals surface area contributed by atoms with Crippen molar-refractivity contribution < 1.29 is 9.84 Å². The summed E-state index contributed by atoms with van der Waals surface area (Å²) in [7, 11) is 0. The topological polar surface area (TPSA) is 83.7 Å². The summed E-state index contributed by atoms with van der Waals surface area (Å²) in [6.45, 7) is 4.05. The molecule has 1 unspecified atom stereocenters. The first-order chi connectivity index (χ1) is 16.2. The molecule has 2 fully saturated rings. The number of benzene rings is 2. The smallest absolute Gasteiger partial charge is 0.277 e. The molecule has 0 amide bonds. The Morgan fingerprint density at radius 3 is 2.52 bits per heavy atom.